The topological polar surface area (TPSA) is 82.1 Å². The van der Waals surface area contributed by atoms with Gasteiger partial charge in [-0.3, -0.25) is 4.55 Å². The fraction of sp³-hybridized carbons (Fsp3) is 0.286. The monoisotopic (exact) mass is 349 g/mol. The minimum Gasteiger partial charge on any atom is -0.490 e. The zero-order chi connectivity index (χ0) is 15.7. The molecule has 3 rings (SSSR count). The van der Waals surface area contributed by atoms with Gasteiger partial charge in [0, 0.05) is 29.6 Å². The maximum absolute atomic E-state index is 11.1. The number of ether oxygens (including phenoxy) is 3. The van der Waals surface area contributed by atoms with Gasteiger partial charge in [-0.2, -0.15) is 8.42 Å². The molecule has 0 amide bonds. The van der Waals surface area contributed by atoms with Crippen LogP contribution in [-0.4, -0.2) is 51.1 Å². The van der Waals surface area contributed by atoms with Gasteiger partial charge in [-0.1, -0.05) is 0 Å². The van der Waals surface area contributed by atoms with Crippen molar-refractivity contribution in [1.82, 2.24) is 0 Å². The number of benzene rings is 1. The van der Waals surface area contributed by atoms with E-state index in [4.69, 9.17) is 18.8 Å². The summed E-state index contributed by atoms with van der Waals surface area (Å²) in [5, 5.41) is 3.75. The summed E-state index contributed by atoms with van der Waals surface area (Å²) < 4.78 is 48.2. The van der Waals surface area contributed by atoms with Gasteiger partial charge in [0.15, 0.2) is 17.6 Å². The second-order valence-corrected chi connectivity index (χ2v) is 7.00. The minimum atomic E-state index is -4.21. The van der Waals surface area contributed by atoms with E-state index in [1.54, 1.807) is 13.0 Å². The molecule has 1 aliphatic heterocycles. The second kappa shape index (κ2) is 7.16. The molecule has 1 aromatic carbocycles. The van der Waals surface area contributed by atoms with Gasteiger partial charge in [0.25, 0.3) is 10.1 Å². The third-order valence-electron chi connectivity index (χ3n) is 3.17. The maximum atomic E-state index is 11.1. The van der Waals surface area contributed by atoms with E-state index in [2.05, 4.69) is 0 Å². The zero-order valence-corrected chi connectivity index (χ0v) is 14.3. The molecule has 0 fully saturated rings. The molecule has 0 spiro atoms. The van der Waals surface area contributed by atoms with Crippen LogP contribution in [0.5, 0.6) is 17.2 Å². The van der Waals surface area contributed by atoms with Crippen molar-refractivity contribution in [3.63, 3.8) is 0 Å². The van der Waals surface area contributed by atoms with Crippen LogP contribution in [-0.2, 0) is 10.1 Å². The van der Waals surface area contributed by atoms with Gasteiger partial charge in [-0.25, -0.2) is 0 Å². The van der Waals surface area contributed by atoms with Crippen molar-refractivity contribution in [3.8, 4) is 17.2 Å². The molecule has 0 saturated carbocycles. The Morgan fingerprint density at radius 2 is 2.09 bits per heavy atom. The molecule has 9 heteroatoms. The smallest absolute Gasteiger partial charge is 0.294 e. The Bertz CT molecular complexity index is 786. The van der Waals surface area contributed by atoms with Crippen LogP contribution in [0.2, 0.25) is 0 Å². The maximum Gasteiger partial charge on any atom is 0.294 e. The van der Waals surface area contributed by atoms with E-state index < -0.39 is 10.1 Å². The summed E-state index contributed by atoms with van der Waals surface area (Å²) in [4.78, 5) is -0.125. The number of hydrogen-bond acceptors (Lipinski definition) is 6. The molecular formula is C14H14LiO6S2. The first-order chi connectivity index (χ1) is 10.4. The summed E-state index contributed by atoms with van der Waals surface area (Å²) in [5.41, 5.74) is 0.418. The van der Waals surface area contributed by atoms with Gasteiger partial charge in [-0.05, 0) is 30.7 Å². The van der Waals surface area contributed by atoms with Gasteiger partial charge < -0.3 is 14.2 Å². The first-order valence-corrected chi connectivity index (χ1v) is 8.88. The van der Waals surface area contributed by atoms with E-state index in [-0.39, 0.29) is 36.5 Å². The molecule has 2 aromatic rings. The SMILES string of the molecule is Cc1cc(OCC2COc3cscc3O2)ccc1S(=O)(=O)O.[Li]. The molecule has 0 bridgehead atoms. The number of rotatable bonds is 4. The summed E-state index contributed by atoms with van der Waals surface area (Å²) in [6, 6.07) is 4.37. The number of hydrogen-bond donors (Lipinski definition) is 1. The van der Waals surface area contributed by atoms with Crippen molar-refractivity contribution < 1.29 is 27.2 Å². The third-order valence-corrected chi connectivity index (χ3v) is 4.89. The van der Waals surface area contributed by atoms with Gasteiger partial charge in [0.05, 0.1) is 4.90 Å². The van der Waals surface area contributed by atoms with Gasteiger partial charge in [0.2, 0.25) is 0 Å². The number of fused-ring (bicyclic) bond motifs is 1. The third kappa shape index (κ3) is 4.22. The summed E-state index contributed by atoms with van der Waals surface area (Å²) >= 11 is 1.51. The molecule has 1 atom stereocenters. The van der Waals surface area contributed by atoms with Crippen molar-refractivity contribution in [2.24, 2.45) is 0 Å². The molecular weight excluding hydrogens is 335 g/mol. The van der Waals surface area contributed by atoms with Crippen molar-refractivity contribution in [2.75, 3.05) is 13.2 Å². The standard InChI is InChI=1S/C14H14O6S2.Li/c1-9-4-10(2-3-14(9)22(15,16)17)18-5-11-6-19-12-7-21-8-13(12)20-11;/h2-4,7-8,11H,5-6H2,1H3,(H,15,16,17);. The second-order valence-electron chi connectivity index (χ2n) is 4.86. The average Bonchev–Trinajstić information content (AvgIpc) is 2.91. The number of aryl methyl sites for hydroxylation is 1. The predicted octanol–water partition coefficient (Wildman–Crippen LogP) is 2.14. The molecule has 6 nitrogen and oxygen atoms in total. The van der Waals surface area contributed by atoms with Crippen LogP contribution >= 0.6 is 11.3 Å². The molecule has 0 saturated heterocycles. The molecule has 2 heterocycles. The molecule has 1 radical (unpaired) electrons. The fourth-order valence-electron chi connectivity index (χ4n) is 2.13. The zero-order valence-electron chi connectivity index (χ0n) is 12.7. The molecule has 1 aliphatic rings. The molecule has 119 valence electrons. The van der Waals surface area contributed by atoms with Crippen LogP contribution in [0.4, 0.5) is 0 Å². The van der Waals surface area contributed by atoms with Crippen LogP contribution < -0.4 is 14.2 Å². The van der Waals surface area contributed by atoms with E-state index in [0.29, 0.717) is 23.7 Å². The van der Waals surface area contributed by atoms with Gasteiger partial charge >= 0.3 is 0 Å². The predicted molar refractivity (Wildman–Crippen MR) is 86.5 cm³/mol. The van der Waals surface area contributed by atoms with E-state index in [1.165, 1.54) is 23.5 Å². The minimum absolute atomic E-state index is 0. The molecule has 23 heavy (non-hydrogen) atoms. The van der Waals surface area contributed by atoms with E-state index in [1.807, 2.05) is 10.8 Å². The van der Waals surface area contributed by atoms with Gasteiger partial charge in [-0.15, -0.1) is 11.3 Å². The van der Waals surface area contributed by atoms with Crippen LogP contribution in [0, 0.1) is 6.92 Å². The molecule has 1 N–H and O–H groups in total. The first-order valence-electron chi connectivity index (χ1n) is 6.50. The quantitative estimate of drug-likeness (QED) is 0.673. The normalized spacial score (nSPS) is 16.5. The summed E-state index contributed by atoms with van der Waals surface area (Å²) in [6.07, 6.45) is -0.233. The van der Waals surface area contributed by atoms with Crippen LogP contribution in [0.1, 0.15) is 5.56 Å². The Hall–Kier alpha value is -1.17. The van der Waals surface area contributed by atoms with Gasteiger partial charge in [0.1, 0.15) is 19.0 Å². The van der Waals surface area contributed by atoms with Crippen molar-refractivity contribution in [3.05, 3.63) is 34.5 Å². The number of thiophene rings is 1. The molecule has 1 aromatic heterocycles. The Balaban J connectivity index is 0.00000192. The Morgan fingerprint density at radius 3 is 2.78 bits per heavy atom. The Kier molecular flexibility index (Phi) is 5.65. The summed E-state index contributed by atoms with van der Waals surface area (Å²) in [7, 11) is -4.21. The largest absolute Gasteiger partial charge is 0.490 e. The molecule has 1 unspecified atom stereocenters. The first kappa shape index (κ1) is 18.2. The molecule has 0 aliphatic carbocycles. The van der Waals surface area contributed by atoms with Crippen LogP contribution in [0.25, 0.3) is 0 Å². The van der Waals surface area contributed by atoms with Crippen molar-refractivity contribution in [2.45, 2.75) is 17.9 Å². The van der Waals surface area contributed by atoms with E-state index >= 15 is 0 Å². The summed E-state index contributed by atoms with van der Waals surface area (Å²) in [6.45, 7) is 2.26. The average molecular weight is 349 g/mol. The Labute approximate surface area is 150 Å². The van der Waals surface area contributed by atoms with Crippen molar-refractivity contribution in [1.29, 1.82) is 0 Å². The van der Waals surface area contributed by atoms with Crippen LogP contribution in [0.15, 0.2) is 33.9 Å². The summed E-state index contributed by atoms with van der Waals surface area (Å²) in [5.74, 6) is 1.96. The fourth-order valence-corrected chi connectivity index (χ4v) is 3.51. The van der Waals surface area contributed by atoms with E-state index in [0.717, 1.165) is 5.75 Å². The van der Waals surface area contributed by atoms with Crippen molar-refractivity contribution >= 4 is 40.3 Å². The van der Waals surface area contributed by atoms with Crippen LogP contribution in [0.3, 0.4) is 0 Å². The van der Waals surface area contributed by atoms with E-state index in [9.17, 15) is 8.42 Å². The Morgan fingerprint density at radius 1 is 1.35 bits per heavy atom.